The van der Waals surface area contributed by atoms with Crippen LogP contribution < -0.4 is 15.8 Å². The Morgan fingerprint density at radius 3 is 2.68 bits per heavy atom. The number of nitrogens with two attached hydrogens (primary N) is 1. The predicted octanol–water partition coefficient (Wildman–Crippen LogP) is 1.59. The van der Waals surface area contributed by atoms with Crippen molar-refractivity contribution in [3.05, 3.63) is 0 Å². The average Bonchev–Trinajstić information content (AvgIpc) is 2.53. The van der Waals surface area contributed by atoms with E-state index in [2.05, 4.69) is 35.8 Å². The summed E-state index contributed by atoms with van der Waals surface area (Å²) in [5.41, 5.74) is 5.83. The Bertz CT molecular complexity index is 488. The van der Waals surface area contributed by atoms with Crippen LogP contribution in [0.4, 0.5) is 0 Å². The van der Waals surface area contributed by atoms with Crippen LogP contribution in [-0.4, -0.2) is 52.0 Å². The Morgan fingerprint density at radius 1 is 1.28 bits per heavy atom. The highest BCUT2D eigenvalue weighted by molar-refractivity contribution is 7.89. The molecule has 0 aromatic heterocycles. The smallest absolute Gasteiger partial charge is 0.213 e. The quantitative estimate of drug-likeness (QED) is 0.375. The van der Waals surface area contributed by atoms with Crippen molar-refractivity contribution < 1.29 is 13.2 Å². The molecular weight excluding hydrogens is 340 g/mol. The third-order valence-corrected chi connectivity index (χ3v) is 5.59. The Kier molecular flexibility index (Phi) is 10.4. The van der Waals surface area contributed by atoms with Crippen LogP contribution in [0.2, 0.25) is 0 Å². The topological polar surface area (TPSA) is 106 Å². The summed E-state index contributed by atoms with van der Waals surface area (Å²) < 4.78 is 32.1. The molecular formula is C17H36N4O3S. The van der Waals surface area contributed by atoms with Gasteiger partial charge >= 0.3 is 0 Å². The van der Waals surface area contributed by atoms with Gasteiger partial charge in [-0.15, -0.1) is 0 Å². The summed E-state index contributed by atoms with van der Waals surface area (Å²) in [7, 11) is -3.35. The summed E-state index contributed by atoms with van der Waals surface area (Å²) in [4.78, 5) is 4.12. The van der Waals surface area contributed by atoms with Gasteiger partial charge in [0, 0.05) is 19.2 Å². The minimum Gasteiger partial charge on any atom is -0.377 e. The first kappa shape index (κ1) is 22.2. The molecule has 0 bridgehead atoms. The van der Waals surface area contributed by atoms with Crippen LogP contribution in [0.1, 0.15) is 59.3 Å². The van der Waals surface area contributed by atoms with E-state index in [1.807, 2.05) is 0 Å². The van der Waals surface area contributed by atoms with Crippen molar-refractivity contribution in [1.82, 2.24) is 10.0 Å². The summed E-state index contributed by atoms with van der Waals surface area (Å²) in [5, 5.41) is 3.12. The number of nitrogens with one attached hydrogen (secondary N) is 2. The highest BCUT2D eigenvalue weighted by Crippen LogP contribution is 2.11. The highest BCUT2D eigenvalue weighted by Gasteiger charge is 2.17. The first-order valence-electron chi connectivity index (χ1n) is 9.44. The third kappa shape index (κ3) is 11.4. The molecule has 0 aliphatic carbocycles. The van der Waals surface area contributed by atoms with Gasteiger partial charge in [0.05, 0.1) is 18.4 Å². The summed E-state index contributed by atoms with van der Waals surface area (Å²) in [6, 6.07) is 0.237. The lowest BCUT2D eigenvalue weighted by Gasteiger charge is -2.22. The van der Waals surface area contributed by atoms with Gasteiger partial charge in [0.15, 0.2) is 5.96 Å². The van der Waals surface area contributed by atoms with Crippen molar-refractivity contribution >= 4 is 16.0 Å². The second-order valence-electron chi connectivity index (χ2n) is 7.29. The maximum Gasteiger partial charge on any atom is 0.213 e. The maximum absolute atomic E-state index is 12.0. The van der Waals surface area contributed by atoms with Crippen molar-refractivity contribution in [3.63, 3.8) is 0 Å². The average molecular weight is 377 g/mol. The molecule has 4 N–H and O–H groups in total. The van der Waals surface area contributed by atoms with E-state index in [1.165, 1.54) is 6.42 Å². The number of ether oxygens (including phenoxy) is 1. The van der Waals surface area contributed by atoms with Crippen molar-refractivity contribution in [2.45, 2.75) is 71.4 Å². The SMILES string of the molecule is CC(C)CCCC(C)NC(N)=NCCS(=O)(=O)NCC1CCCCO1. The van der Waals surface area contributed by atoms with Crippen molar-refractivity contribution in [3.8, 4) is 0 Å². The zero-order valence-corrected chi connectivity index (χ0v) is 16.8. The molecule has 0 amide bonds. The fourth-order valence-corrected chi connectivity index (χ4v) is 3.67. The van der Waals surface area contributed by atoms with Crippen LogP contribution in [0, 0.1) is 5.92 Å². The van der Waals surface area contributed by atoms with Crippen LogP contribution in [0.15, 0.2) is 4.99 Å². The highest BCUT2D eigenvalue weighted by atomic mass is 32.2. The standard InChI is InChI=1S/C17H36N4O3S/c1-14(2)7-6-8-15(3)21-17(18)19-10-12-25(22,23)20-13-16-9-4-5-11-24-16/h14-16,20H,4-13H2,1-3H3,(H3,18,19,21). The molecule has 1 aliphatic heterocycles. The molecule has 1 heterocycles. The van der Waals surface area contributed by atoms with E-state index in [-0.39, 0.29) is 24.4 Å². The molecule has 0 spiro atoms. The molecule has 25 heavy (non-hydrogen) atoms. The van der Waals surface area contributed by atoms with Gasteiger partial charge in [-0.25, -0.2) is 13.1 Å². The summed E-state index contributed by atoms with van der Waals surface area (Å²) in [5.74, 6) is 0.946. The molecule has 1 aliphatic rings. The maximum atomic E-state index is 12.0. The van der Waals surface area contributed by atoms with Gasteiger partial charge in [-0.05, 0) is 38.5 Å². The third-order valence-electron chi connectivity index (χ3n) is 4.26. The Labute approximate surface area is 153 Å². The molecule has 1 saturated heterocycles. The Hall–Kier alpha value is -0.860. The van der Waals surface area contributed by atoms with Gasteiger partial charge in [-0.1, -0.05) is 26.7 Å². The Balaban J connectivity index is 2.22. The Morgan fingerprint density at radius 2 is 2.04 bits per heavy atom. The van der Waals surface area contributed by atoms with Gasteiger partial charge in [0.25, 0.3) is 0 Å². The first-order chi connectivity index (χ1) is 11.8. The van der Waals surface area contributed by atoms with E-state index in [0.29, 0.717) is 25.0 Å². The summed E-state index contributed by atoms with van der Waals surface area (Å²) in [6.45, 7) is 7.69. The van der Waals surface area contributed by atoms with Gasteiger partial charge in [0.1, 0.15) is 0 Å². The number of hydrogen-bond acceptors (Lipinski definition) is 4. The molecule has 148 valence electrons. The molecule has 0 aromatic carbocycles. The van der Waals surface area contributed by atoms with Gasteiger partial charge < -0.3 is 15.8 Å². The largest absolute Gasteiger partial charge is 0.377 e. The lowest BCUT2D eigenvalue weighted by atomic mass is 10.0. The molecule has 2 unspecified atom stereocenters. The van der Waals surface area contributed by atoms with E-state index in [4.69, 9.17) is 10.5 Å². The lowest BCUT2D eigenvalue weighted by molar-refractivity contribution is 0.0200. The minimum atomic E-state index is -3.35. The molecule has 7 nitrogen and oxygen atoms in total. The van der Waals surface area contributed by atoms with Gasteiger partial charge in [-0.2, -0.15) is 0 Å². The van der Waals surface area contributed by atoms with Crippen LogP contribution in [0.5, 0.6) is 0 Å². The number of hydrogen-bond donors (Lipinski definition) is 3. The second-order valence-corrected chi connectivity index (χ2v) is 9.22. The zero-order valence-electron chi connectivity index (χ0n) is 16.0. The van der Waals surface area contributed by atoms with Gasteiger partial charge in [-0.3, -0.25) is 4.99 Å². The van der Waals surface area contributed by atoms with Crippen molar-refractivity contribution in [1.29, 1.82) is 0 Å². The summed E-state index contributed by atoms with van der Waals surface area (Å²) >= 11 is 0. The fourth-order valence-electron chi connectivity index (χ4n) is 2.75. The molecule has 2 atom stereocenters. The van der Waals surface area contributed by atoms with E-state index < -0.39 is 10.0 Å². The van der Waals surface area contributed by atoms with Crippen molar-refractivity contribution in [2.24, 2.45) is 16.6 Å². The van der Waals surface area contributed by atoms with E-state index in [9.17, 15) is 8.42 Å². The van der Waals surface area contributed by atoms with Crippen LogP contribution >= 0.6 is 0 Å². The monoisotopic (exact) mass is 376 g/mol. The number of rotatable bonds is 11. The fraction of sp³-hybridized carbons (Fsp3) is 0.941. The number of aliphatic imine (C=N–C) groups is 1. The lowest BCUT2D eigenvalue weighted by Crippen LogP contribution is -2.39. The van der Waals surface area contributed by atoms with Crippen molar-refractivity contribution in [2.75, 3.05) is 25.4 Å². The van der Waals surface area contributed by atoms with Gasteiger partial charge in [0.2, 0.25) is 10.0 Å². The van der Waals surface area contributed by atoms with E-state index in [0.717, 1.165) is 32.1 Å². The number of sulfonamides is 1. The molecule has 1 rings (SSSR count). The van der Waals surface area contributed by atoms with E-state index in [1.54, 1.807) is 0 Å². The summed E-state index contributed by atoms with van der Waals surface area (Å²) in [6.07, 6.45) is 6.40. The van der Waals surface area contributed by atoms with Crippen LogP contribution in [0.25, 0.3) is 0 Å². The first-order valence-corrected chi connectivity index (χ1v) is 11.1. The zero-order chi connectivity index (χ0) is 18.7. The van der Waals surface area contributed by atoms with Crippen LogP contribution in [0.3, 0.4) is 0 Å². The van der Waals surface area contributed by atoms with Crippen LogP contribution in [-0.2, 0) is 14.8 Å². The normalized spacial score (nSPS) is 20.6. The minimum absolute atomic E-state index is 0.00884. The van der Waals surface area contributed by atoms with E-state index >= 15 is 0 Å². The predicted molar refractivity (Wildman–Crippen MR) is 103 cm³/mol. The second kappa shape index (κ2) is 11.7. The molecule has 1 fully saturated rings. The molecule has 0 radical (unpaired) electrons. The molecule has 0 aromatic rings. The molecule has 0 saturated carbocycles. The number of guanidine groups is 1. The molecule has 8 heteroatoms. The number of nitrogens with zero attached hydrogens (tertiary/aromatic N) is 1.